The molecule has 3 N–H and O–H groups in total. The summed E-state index contributed by atoms with van der Waals surface area (Å²) in [5, 5.41) is 2.95. The molecule has 5 aromatic rings. The number of nitrogen functional groups attached to an aromatic ring is 1. The molecule has 8 nitrogen and oxygen atoms in total. The van der Waals surface area contributed by atoms with Gasteiger partial charge in [0.1, 0.15) is 5.82 Å². The Morgan fingerprint density at radius 2 is 1.73 bits per heavy atom. The molecule has 1 saturated heterocycles. The molecule has 0 radical (unpaired) electrons. The van der Waals surface area contributed by atoms with Gasteiger partial charge < -0.3 is 25.4 Å². The zero-order valence-electron chi connectivity index (χ0n) is 28.0. The van der Waals surface area contributed by atoms with Crippen LogP contribution in [-0.2, 0) is 25.6 Å². The van der Waals surface area contributed by atoms with Gasteiger partial charge in [0.25, 0.3) is 0 Å². The van der Waals surface area contributed by atoms with Crippen molar-refractivity contribution in [2.75, 3.05) is 30.7 Å². The highest BCUT2D eigenvalue weighted by atomic mass is 35.5. The van der Waals surface area contributed by atoms with Crippen LogP contribution < -0.4 is 11.1 Å². The van der Waals surface area contributed by atoms with E-state index in [0.29, 0.717) is 38.2 Å². The van der Waals surface area contributed by atoms with E-state index in [1.54, 1.807) is 12.4 Å². The lowest BCUT2D eigenvalue weighted by Gasteiger charge is -2.40. The minimum atomic E-state index is -4.66. The maximum Gasteiger partial charge on any atom is 0.418 e. The summed E-state index contributed by atoms with van der Waals surface area (Å²) in [6.07, 6.45) is 1.83. The molecule has 2 aliphatic heterocycles. The second-order valence-electron chi connectivity index (χ2n) is 13.4. The van der Waals surface area contributed by atoms with Crippen molar-refractivity contribution < 1.29 is 18.0 Å². The largest absolute Gasteiger partial charge is 0.418 e. The van der Waals surface area contributed by atoms with E-state index >= 15 is 0 Å². The monoisotopic (exact) mass is 713 g/mol. The predicted molar refractivity (Wildman–Crippen MR) is 195 cm³/mol. The van der Waals surface area contributed by atoms with Crippen LogP contribution in [-0.4, -0.2) is 56.0 Å². The Kier molecular flexibility index (Phi) is 9.65. The summed E-state index contributed by atoms with van der Waals surface area (Å²) in [7, 11) is 0. The number of hydrogen-bond acceptors (Lipinski definition) is 5. The molecule has 1 unspecified atom stereocenters. The van der Waals surface area contributed by atoms with Gasteiger partial charge in [-0.1, -0.05) is 48.5 Å². The third-order valence-corrected chi connectivity index (χ3v) is 10.4. The Morgan fingerprint density at radius 3 is 2.49 bits per heavy atom. The number of nitrogens with zero attached hydrogens (tertiary/aromatic N) is 5. The summed E-state index contributed by atoms with van der Waals surface area (Å²) in [6, 6.07) is 22.2. The summed E-state index contributed by atoms with van der Waals surface area (Å²) in [4.78, 5) is 26.6. The first-order valence-electron chi connectivity index (χ1n) is 17.1. The van der Waals surface area contributed by atoms with Gasteiger partial charge >= 0.3 is 12.2 Å². The van der Waals surface area contributed by atoms with Gasteiger partial charge in [-0.15, -0.1) is 0 Å². The molecule has 0 aliphatic carbocycles. The van der Waals surface area contributed by atoms with Gasteiger partial charge in [-0.2, -0.15) is 13.2 Å². The van der Waals surface area contributed by atoms with Gasteiger partial charge in [-0.05, 0) is 91.3 Å². The van der Waals surface area contributed by atoms with Crippen LogP contribution in [0.3, 0.4) is 0 Å². The fourth-order valence-electron chi connectivity index (χ4n) is 7.45. The standard InChI is InChI=1S/C39H39ClF3N7O/c1-25(48-17-13-30(14-18-48)49-19-12-28-6-2-3-7-33(28)47-38(49)51)20-29(21-27-22-31(39(41,42)43)36(44)32(40)23-27)37-46-34-8-4-5-9-35(34)50(37)24-26-10-15-45-16-11-26/h2-11,15-16,22-23,29-30H,1,12-14,17-21,24,44H2,(H,47,51). The Bertz CT molecular complexity index is 2060. The number of aromatic nitrogens is 3. The smallest absolute Gasteiger partial charge is 0.397 e. The van der Waals surface area contributed by atoms with Crippen molar-refractivity contribution in [1.82, 2.24) is 24.3 Å². The molecule has 264 valence electrons. The molecular weight excluding hydrogens is 675 g/mol. The summed E-state index contributed by atoms with van der Waals surface area (Å²) in [6.45, 7) is 7.05. The molecule has 2 aliphatic rings. The number of allylic oxidation sites excluding steroid dienone is 1. The number of likely N-dealkylation sites (tertiary alicyclic amines) is 1. The van der Waals surface area contributed by atoms with Crippen molar-refractivity contribution in [1.29, 1.82) is 0 Å². The molecule has 2 aromatic heterocycles. The summed E-state index contributed by atoms with van der Waals surface area (Å²) in [5.74, 6) is 0.395. The number of fused-ring (bicyclic) bond motifs is 2. The Labute approximate surface area is 299 Å². The Balaban J connectivity index is 1.16. The lowest BCUT2D eigenvalue weighted by Crippen LogP contribution is -2.48. The van der Waals surface area contributed by atoms with E-state index in [1.807, 2.05) is 59.5 Å². The normalized spacial score (nSPS) is 16.1. The number of benzene rings is 3. The molecule has 2 amide bonds. The predicted octanol–water partition coefficient (Wildman–Crippen LogP) is 8.52. The van der Waals surface area contributed by atoms with Gasteiger partial charge in [0.15, 0.2) is 0 Å². The molecule has 51 heavy (non-hydrogen) atoms. The number of amides is 2. The number of rotatable bonds is 9. The van der Waals surface area contributed by atoms with Crippen LogP contribution in [0.2, 0.25) is 5.02 Å². The number of alkyl halides is 3. The fourth-order valence-corrected chi connectivity index (χ4v) is 7.70. The number of para-hydroxylation sites is 3. The van der Waals surface area contributed by atoms with Gasteiger partial charge in [0.2, 0.25) is 0 Å². The first kappa shape index (κ1) is 34.4. The lowest BCUT2D eigenvalue weighted by molar-refractivity contribution is -0.136. The number of anilines is 2. The molecule has 0 saturated carbocycles. The summed E-state index contributed by atoms with van der Waals surface area (Å²) < 4.78 is 44.3. The van der Waals surface area contributed by atoms with Crippen LogP contribution in [0, 0.1) is 0 Å². The molecule has 1 fully saturated rings. The van der Waals surface area contributed by atoms with Crippen molar-refractivity contribution in [3.05, 3.63) is 131 Å². The van der Waals surface area contributed by atoms with E-state index in [1.165, 1.54) is 6.07 Å². The number of hydrogen-bond donors (Lipinski definition) is 2. The molecule has 1 atom stereocenters. The van der Waals surface area contributed by atoms with Gasteiger partial charge in [0.05, 0.1) is 27.3 Å². The van der Waals surface area contributed by atoms with E-state index in [4.69, 9.17) is 22.3 Å². The van der Waals surface area contributed by atoms with Crippen molar-refractivity contribution in [3.63, 3.8) is 0 Å². The number of halogens is 4. The van der Waals surface area contributed by atoms with Gasteiger partial charge in [-0.3, -0.25) is 4.98 Å². The first-order valence-corrected chi connectivity index (χ1v) is 17.5. The van der Waals surface area contributed by atoms with Crippen LogP contribution in [0.1, 0.15) is 53.3 Å². The second kappa shape index (κ2) is 14.3. The third kappa shape index (κ3) is 7.39. The Hall–Kier alpha value is -5.03. The number of carbonyl (C=O) groups excluding carboxylic acids is 1. The van der Waals surface area contributed by atoms with E-state index in [-0.39, 0.29) is 29.4 Å². The second-order valence-corrected chi connectivity index (χ2v) is 13.8. The molecule has 3 aromatic carbocycles. The van der Waals surface area contributed by atoms with Crippen LogP contribution in [0.5, 0.6) is 0 Å². The van der Waals surface area contributed by atoms with Crippen LogP contribution in [0.4, 0.5) is 29.3 Å². The van der Waals surface area contributed by atoms with Gasteiger partial charge in [0, 0.05) is 61.9 Å². The van der Waals surface area contributed by atoms with E-state index in [2.05, 4.69) is 32.4 Å². The third-order valence-electron chi connectivity index (χ3n) is 10.1. The van der Waals surface area contributed by atoms with Crippen LogP contribution in [0.25, 0.3) is 11.0 Å². The Morgan fingerprint density at radius 1 is 1.00 bits per heavy atom. The molecule has 4 heterocycles. The minimum Gasteiger partial charge on any atom is -0.397 e. The van der Waals surface area contributed by atoms with E-state index in [9.17, 15) is 18.0 Å². The van der Waals surface area contributed by atoms with Crippen molar-refractivity contribution in [2.24, 2.45) is 0 Å². The fraction of sp³-hybridized carbons (Fsp3) is 0.308. The van der Waals surface area contributed by atoms with Crippen molar-refractivity contribution >= 4 is 40.0 Å². The summed E-state index contributed by atoms with van der Waals surface area (Å²) in [5.41, 5.74) is 10.4. The maximum atomic E-state index is 14.0. The van der Waals surface area contributed by atoms with Gasteiger partial charge in [-0.25, -0.2) is 9.78 Å². The SMILES string of the molecule is C=C(CC(Cc1cc(Cl)c(N)c(C(F)(F)F)c1)c1nc2ccccc2n1Cc1ccncc1)N1CCC(N2CCc3ccccc3NC2=O)CC1. The average Bonchev–Trinajstić information content (AvgIpc) is 3.38. The number of piperidine rings is 1. The van der Waals surface area contributed by atoms with Crippen molar-refractivity contribution in [2.45, 2.75) is 56.8 Å². The number of urea groups is 1. The van der Waals surface area contributed by atoms with Crippen LogP contribution >= 0.6 is 11.6 Å². The molecule has 0 spiro atoms. The molecule has 12 heteroatoms. The molecule has 7 rings (SSSR count). The number of carbonyl (C=O) groups is 1. The average molecular weight is 714 g/mol. The molecule has 0 bridgehead atoms. The topological polar surface area (TPSA) is 92.3 Å². The number of nitrogens with two attached hydrogens (primary N) is 1. The minimum absolute atomic E-state index is 0.0780. The van der Waals surface area contributed by atoms with E-state index in [0.717, 1.165) is 64.7 Å². The highest BCUT2D eigenvalue weighted by Gasteiger charge is 2.35. The zero-order valence-corrected chi connectivity index (χ0v) is 28.8. The van der Waals surface area contributed by atoms with Crippen molar-refractivity contribution in [3.8, 4) is 0 Å². The number of pyridine rings is 1. The quantitative estimate of drug-likeness (QED) is 0.150. The lowest BCUT2D eigenvalue weighted by atomic mass is 9.91. The zero-order chi connectivity index (χ0) is 35.7. The first-order chi connectivity index (χ1) is 24.5. The van der Waals surface area contributed by atoms with E-state index < -0.39 is 17.4 Å². The number of nitrogens with one attached hydrogen (secondary N) is 1. The van der Waals surface area contributed by atoms with Crippen LogP contribution in [0.15, 0.2) is 97.5 Å². The maximum absolute atomic E-state index is 14.0. The summed E-state index contributed by atoms with van der Waals surface area (Å²) >= 11 is 6.30. The highest BCUT2D eigenvalue weighted by molar-refractivity contribution is 6.33. The molecular formula is C39H39ClF3N7O. The number of imidazole rings is 1. The highest BCUT2D eigenvalue weighted by Crippen LogP contribution is 2.40.